The predicted molar refractivity (Wildman–Crippen MR) is 67.5 cm³/mol. The van der Waals surface area contributed by atoms with E-state index in [1.54, 1.807) is 6.20 Å². The Labute approximate surface area is 95.5 Å². The van der Waals surface area contributed by atoms with Gasteiger partial charge in [-0.2, -0.15) is 0 Å². The van der Waals surface area contributed by atoms with Crippen molar-refractivity contribution in [3.63, 3.8) is 0 Å². The summed E-state index contributed by atoms with van der Waals surface area (Å²) in [5, 5.41) is 0. The van der Waals surface area contributed by atoms with Crippen molar-refractivity contribution in [2.75, 3.05) is 0 Å². The second-order valence-electron chi connectivity index (χ2n) is 3.33. The van der Waals surface area contributed by atoms with Crippen LogP contribution in [0.2, 0.25) is 0 Å². The van der Waals surface area contributed by atoms with Crippen LogP contribution in [0.4, 0.5) is 0 Å². The van der Waals surface area contributed by atoms with Gasteiger partial charge in [-0.05, 0) is 17.6 Å². The zero-order valence-corrected chi connectivity index (χ0v) is 8.80. The Morgan fingerprint density at radius 1 is 1.00 bits per heavy atom. The number of hydrogen-bond acceptors (Lipinski definition) is 1. The molecule has 1 heteroatoms. The van der Waals surface area contributed by atoms with Gasteiger partial charge in [-0.3, -0.25) is 0 Å². The van der Waals surface area contributed by atoms with Crippen LogP contribution in [0.15, 0.2) is 48.7 Å². The molecule has 0 atom stereocenters. The highest BCUT2D eigenvalue weighted by Gasteiger charge is 1.94. The Bertz CT molecular complexity index is 533. The van der Waals surface area contributed by atoms with Gasteiger partial charge >= 0.3 is 0 Å². The summed E-state index contributed by atoms with van der Waals surface area (Å²) in [7, 11) is 0. The van der Waals surface area contributed by atoms with E-state index >= 15 is 0 Å². The molecule has 0 saturated carbocycles. The number of nitrogens with zero attached hydrogens (tertiary/aromatic N) is 1. The van der Waals surface area contributed by atoms with E-state index in [1.807, 2.05) is 54.6 Å². The van der Waals surface area contributed by atoms with E-state index in [-0.39, 0.29) is 0 Å². The van der Waals surface area contributed by atoms with Crippen LogP contribution >= 0.6 is 0 Å². The minimum atomic E-state index is 0.676. The monoisotopic (exact) mass is 205 g/mol. The maximum Gasteiger partial charge on any atom is 0.120 e. The van der Waals surface area contributed by atoms with Crippen molar-refractivity contribution in [3.05, 3.63) is 65.5 Å². The minimum Gasteiger partial charge on any atom is -0.247 e. The third kappa shape index (κ3) is 2.37. The Morgan fingerprint density at radius 2 is 1.81 bits per heavy atom. The molecule has 0 saturated heterocycles. The number of benzene rings is 1. The number of terminal acetylenes is 1. The molecule has 2 aromatic rings. The van der Waals surface area contributed by atoms with E-state index in [0.717, 1.165) is 11.1 Å². The quantitative estimate of drug-likeness (QED) is 0.686. The Morgan fingerprint density at radius 3 is 2.56 bits per heavy atom. The average molecular weight is 205 g/mol. The molecule has 2 rings (SSSR count). The Balaban J connectivity index is 2.28. The molecule has 76 valence electrons. The lowest BCUT2D eigenvalue weighted by atomic mass is 10.1. The van der Waals surface area contributed by atoms with Gasteiger partial charge in [0, 0.05) is 11.8 Å². The molecule has 0 N–H and O–H groups in total. The summed E-state index contributed by atoms with van der Waals surface area (Å²) >= 11 is 0. The first-order valence-electron chi connectivity index (χ1n) is 5.05. The molecule has 0 spiro atoms. The van der Waals surface area contributed by atoms with E-state index < -0.39 is 0 Å². The van der Waals surface area contributed by atoms with Crippen LogP contribution in [0.5, 0.6) is 0 Å². The van der Waals surface area contributed by atoms with E-state index in [9.17, 15) is 0 Å². The topological polar surface area (TPSA) is 12.9 Å². The molecule has 0 unspecified atom stereocenters. The SMILES string of the molecule is C#Cc1ncccc1/C=C/c1ccccc1. The highest BCUT2D eigenvalue weighted by molar-refractivity contribution is 5.71. The molecule has 0 amide bonds. The summed E-state index contributed by atoms with van der Waals surface area (Å²) < 4.78 is 0. The predicted octanol–water partition coefficient (Wildman–Crippen LogP) is 3.23. The highest BCUT2D eigenvalue weighted by Crippen LogP contribution is 2.10. The lowest BCUT2D eigenvalue weighted by Crippen LogP contribution is -1.85. The maximum atomic E-state index is 5.37. The molecule has 0 aliphatic carbocycles. The lowest BCUT2D eigenvalue weighted by Gasteiger charge is -1.96. The zero-order chi connectivity index (χ0) is 11.2. The van der Waals surface area contributed by atoms with Gasteiger partial charge in [-0.1, -0.05) is 48.6 Å². The fraction of sp³-hybridized carbons (Fsp3) is 0. The first-order chi connectivity index (χ1) is 7.90. The molecular weight excluding hydrogens is 194 g/mol. The molecule has 1 heterocycles. The molecule has 0 radical (unpaired) electrons. The van der Waals surface area contributed by atoms with Crippen LogP contribution in [-0.2, 0) is 0 Å². The Kier molecular flexibility index (Phi) is 3.15. The van der Waals surface area contributed by atoms with Gasteiger partial charge in [0.25, 0.3) is 0 Å². The van der Waals surface area contributed by atoms with Gasteiger partial charge in [0.15, 0.2) is 0 Å². The zero-order valence-electron chi connectivity index (χ0n) is 8.80. The molecule has 1 aromatic heterocycles. The first kappa shape index (κ1) is 10.2. The second kappa shape index (κ2) is 4.95. The molecule has 1 aromatic carbocycles. The van der Waals surface area contributed by atoms with Crippen LogP contribution in [0.3, 0.4) is 0 Å². The van der Waals surface area contributed by atoms with Gasteiger partial charge in [0.2, 0.25) is 0 Å². The van der Waals surface area contributed by atoms with Crippen molar-refractivity contribution in [2.24, 2.45) is 0 Å². The van der Waals surface area contributed by atoms with Crippen LogP contribution in [0, 0.1) is 12.3 Å². The summed E-state index contributed by atoms with van der Waals surface area (Å²) in [6.45, 7) is 0. The molecular formula is C15H11N. The largest absolute Gasteiger partial charge is 0.247 e. The minimum absolute atomic E-state index is 0.676. The van der Waals surface area contributed by atoms with E-state index in [4.69, 9.17) is 6.42 Å². The van der Waals surface area contributed by atoms with E-state index in [0.29, 0.717) is 5.69 Å². The second-order valence-corrected chi connectivity index (χ2v) is 3.33. The lowest BCUT2D eigenvalue weighted by molar-refractivity contribution is 1.28. The summed E-state index contributed by atoms with van der Waals surface area (Å²) in [5.41, 5.74) is 2.79. The molecule has 0 aliphatic heterocycles. The van der Waals surface area contributed by atoms with Crippen molar-refractivity contribution in [1.82, 2.24) is 4.98 Å². The maximum absolute atomic E-state index is 5.37. The van der Waals surface area contributed by atoms with Crippen molar-refractivity contribution in [2.45, 2.75) is 0 Å². The number of rotatable bonds is 2. The third-order valence-electron chi connectivity index (χ3n) is 2.23. The van der Waals surface area contributed by atoms with Gasteiger partial charge < -0.3 is 0 Å². The summed E-state index contributed by atoms with van der Waals surface area (Å²) in [5.74, 6) is 2.57. The fourth-order valence-electron chi connectivity index (χ4n) is 1.42. The van der Waals surface area contributed by atoms with Gasteiger partial charge in [-0.15, -0.1) is 6.42 Å². The van der Waals surface area contributed by atoms with Crippen molar-refractivity contribution < 1.29 is 0 Å². The summed E-state index contributed by atoms with van der Waals surface area (Å²) in [6.07, 6.45) is 11.1. The summed E-state index contributed by atoms with van der Waals surface area (Å²) in [4.78, 5) is 4.12. The van der Waals surface area contributed by atoms with Gasteiger partial charge in [0.05, 0.1) is 0 Å². The van der Waals surface area contributed by atoms with Gasteiger partial charge in [-0.25, -0.2) is 4.98 Å². The van der Waals surface area contributed by atoms with E-state index in [1.165, 1.54) is 0 Å². The van der Waals surface area contributed by atoms with E-state index in [2.05, 4.69) is 10.9 Å². The first-order valence-corrected chi connectivity index (χ1v) is 5.05. The van der Waals surface area contributed by atoms with Crippen LogP contribution in [0.1, 0.15) is 16.8 Å². The molecule has 0 aliphatic rings. The Hall–Kier alpha value is -2.33. The third-order valence-corrected chi connectivity index (χ3v) is 2.23. The molecule has 1 nitrogen and oxygen atoms in total. The van der Waals surface area contributed by atoms with Crippen LogP contribution in [0.25, 0.3) is 12.2 Å². The normalized spacial score (nSPS) is 10.2. The van der Waals surface area contributed by atoms with Crippen LogP contribution in [-0.4, -0.2) is 4.98 Å². The average Bonchev–Trinajstić information content (AvgIpc) is 2.38. The van der Waals surface area contributed by atoms with Gasteiger partial charge in [0.1, 0.15) is 5.69 Å². The highest BCUT2D eigenvalue weighted by atomic mass is 14.7. The standard InChI is InChI=1S/C15H11N/c1-2-15-14(9-6-12-16-15)11-10-13-7-4-3-5-8-13/h1,3-12H/b11-10+. The number of hydrogen-bond donors (Lipinski definition) is 0. The molecule has 0 fully saturated rings. The fourth-order valence-corrected chi connectivity index (χ4v) is 1.42. The molecule has 0 bridgehead atoms. The van der Waals surface area contributed by atoms with Crippen molar-refractivity contribution >= 4 is 12.2 Å². The number of pyridine rings is 1. The van der Waals surface area contributed by atoms with Crippen molar-refractivity contribution in [1.29, 1.82) is 0 Å². The van der Waals surface area contributed by atoms with Crippen LogP contribution < -0.4 is 0 Å². The smallest absolute Gasteiger partial charge is 0.120 e. The molecule has 16 heavy (non-hydrogen) atoms. The number of aromatic nitrogens is 1. The van der Waals surface area contributed by atoms with Crippen molar-refractivity contribution in [3.8, 4) is 12.3 Å². The summed E-state index contributed by atoms with van der Waals surface area (Å²) in [6, 6.07) is 13.9.